The maximum absolute atomic E-state index is 10.4. The Morgan fingerprint density at radius 2 is 0.824 bits per heavy atom. The van der Waals surface area contributed by atoms with Crippen LogP contribution in [0.15, 0.2) is 22.7 Å². The summed E-state index contributed by atoms with van der Waals surface area (Å²) in [6.07, 6.45) is 0. The zero-order chi connectivity index (χ0) is 13.5. The van der Waals surface area contributed by atoms with Gasteiger partial charge in [0.2, 0.25) is 0 Å². The molecule has 0 aliphatic carbocycles. The fourth-order valence-corrected chi connectivity index (χ4v) is 0.510. The van der Waals surface area contributed by atoms with Crippen molar-refractivity contribution < 1.29 is 36.9 Å². The maximum atomic E-state index is 10.4. The minimum atomic E-state index is -0.0787. The van der Waals surface area contributed by atoms with Crippen LogP contribution in [0.2, 0.25) is 0 Å². The van der Waals surface area contributed by atoms with Gasteiger partial charge in [0.1, 0.15) is 0 Å². The summed E-state index contributed by atoms with van der Waals surface area (Å²) in [5, 5.41) is 17.3. The predicted octanol–water partition coefficient (Wildman–Crippen LogP) is 2.85. The molecule has 0 atom stereocenters. The van der Waals surface area contributed by atoms with Crippen LogP contribution in [-0.4, -0.2) is 21.8 Å². The first kappa shape index (κ1) is 21.2. The van der Waals surface area contributed by atoms with Gasteiger partial charge in [-0.2, -0.15) is 0 Å². The summed E-state index contributed by atoms with van der Waals surface area (Å²) in [5.74, 6) is 0.0602. The molecule has 4 nitrogen and oxygen atoms in total. The van der Waals surface area contributed by atoms with E-state index in [1.54, 1.807) is 13.8 Å². The summed E-state index contributed by atoms with van der Waals surface area (Å²) in [6.45, 7) is 9.03. The largest absolute Gasteiger partial charge is 0.512 e. The first-order valence-electron chi connectivity index (χ1n) is 4.86. The van der Waals surface area contributed by atoms with Crippen LogP contribution in [-0.2, 0) is 26.7 Å². The molecular weight excluding hydrogens is 272 g/mol. The van der Waals surface area contributed by atoms with Gasteiger partial charge >= 0.3 is 0 Å². The van der Waals surface area contributed by atoms with Crippen molar-refractivity contribution in [3.63, 3.8) is 0 Å². The maximum Gasteiger partial charge on any atom is 0.158 e. The van der Waals surface area contributed by atoms with Crippen molar-refractivity contribution in [3.8, 4) is 0 Å². The number of ketones is 2. The summed E-state index contributed by atoms with van der Waals surface area (Å²) < 4.78 is 0. The molecule has 0 aliphatic rings. The van der Waals surface area contributed by atoms with E-state index >= 15 is 0 Å². The SMILES string of the molecule is CC(=O)/C(C)=C(/C)O.CC(=O)/C(C)=C(/C)O.[Cu]. The normalized spacial score (nSPS) is 12.1. The third-order valence-electron chi connectivity index (χ3n) is 2.14. The van der Waals surface area contributed by atoms with Crippen molar-refractivity contribution in [2.45, 2.75) is 41.5 Å². The van der Waals surface area contributed by atoms with Crippen LogP contribution >= 0.6 is 0 Å². The molecule has 0 saturated heterocycles. The Morgan fingerprint density at radius 3 is 0.824 bits per heavy atom. The Labute approximate surface area is 113 Å². The Balaban J connectivity index is -0.000000218. The molecule has 0 heterocycles. The van der Waals surface area contributed by atoms with Crippen LogP contribution in [0.5, 0.6) is 0 Å². The van der Waals surface area contributed by atoms with E-state index in [4.69, 9.17) is 10.2 Å². The number of carbonyl (C=O) groups is 2. The quantitative estimate of drug-likeness (QED) is 0.466. The Morgan fingerprint density at radius 1 is 0.647 bits per heavy atom. The second-order valence-corrected chi connectivity index (χ2v) is 3.53. The summed E-state index contributed by atoms with van der Waals surface area (Å²) in [7, 11) is 0. The molecule has 0 fully saturated rings. The first-order chi connectivity index (χ1) is 7.11. The minimum Gasteiger partial charge on any atom is -0.512 e. The molecule has 2 N–H and O–H groups in total. The first-order valence-corrected chi connectivity index (χ1v) is 4.86. The van der Waals surface area contributed by atoms with Gasteiger partial charge in [-0.1, -0.05) is 0 Å². The van der Waals surface area contributed by atoms with Gasteiger partial charge in [0, 0.05) is 28.2 Å². The zero-order valence-electron chi connectivity index (χ0n) is 11.0. The molecule has 0 spiro atoms. The average Bonchev–Trinajstić information content (AvgIpc) is 2.15. The van der Waals surface area contributed by atoms with Crippen LogP contribution in [0.3, 0.4) is 0 Å². The average molecular weight is 292 g/mol. The monoisotopic (exact) mass is 291 g/mol. The molecule has 0 aromatic carbocycles. The molecule has 17 heavy (non-hydrogen) atoms. The van der Waals surface area contributed by atoms with Gasteiger partial charge in [0.25, 0.3) is 0 Å². The summed E-state index contributed by atoms with van der Waals surface area (Å²) in [5.41, 5.74) is 0.870. The zero-order valence-corrected chi connectivity index (χ0v) is 12.0. The van der Waals surface area contributed by atoms with Crippen LogP contribution in [0, 0.1) is 0 Å². The number of Topliss-reactive ketones (excluding diaryl/α,β-unsaturated/α-hetero) is 2. The van der Waals surface area contributed by atoms with Crippen LogP contribution in [0.1, 0.15) is 41.5 Å². The molecule has 0 aromatic heterocycles. The number of aliphatic hydroxyl groups is 2. The fraction of sp³-hybridized carbons (Fsp3) is 0.500. The van der Waals surface area contributed by atoms with E-state index < -0.39 is 0 Å². The van der Waals surface area contributed by atoms with Crippen molar-refractivity contribution in [1.29, 1.82) is 0 Å². The number of carbonyl (C=O) groups excluding carboxylic acids is 2. The molecule has 1 radical (unpaired) electrons. The third kappa shape index (κ3) is 11.2. The number of rotatable bonds is 2. The fourth-order valence-electron chi connectivity index (χ4n) is 0.510. The van der Waals surface area contributed by atoms with Gasteiger partial charge in [-0.15, -0.1) is 0 Å². The molecule has 5 heteroatoms. The minimum absolute atomic E-state index is 0. The second-order valence-electron chi connectivity index (χ2n) is 3.53. The van der Waals surface area contributed by atoms with Crippen molar-refractivity contribution in [2.24, 2.45) is 0 Å². The number of allylic oxidation sites excluding steroid dienone is 4. The van der Waals surface area contributed by atoms with E-state index in [0.717, 1.165) is 0 Å². The molecule has 0 bridgehead atoms. The predicted molar refractivity (Wildman–Crippen MR) is 63.4 cm³/mol. The van der Waals surface area contributed by atoms with Crippen LogP contribution < -0.4 is 0 Å². The molecule has 0 amide bonds. The number of hydrogen-bond acceptors (Lipinski definition) is 4. The standard InChI is InChI=1S/2C6H10O2.Cu/c2*1-4(5(2)7)6(3)8;/h2*7H,1-3H3;/b2*5-4-;. The Hall–Kier alpha value is -1.06. The summed E-state index contributed by atoms with van der Waals surface area (Å²) in [6, 6.07) is 0. The van der Waals surface area contributed by atoms with Crippen molar-refractivity contribution >= 4 is 11.6 Å². The Kier molecular flexibility index (Phi) is 12.6. The van der Waals surface area contributed by atoms with Crippen molar-refractivity contribution in [2.75, 3.05) is 0 Å². The summed E-state index contributed by atoms with van der Waals surface area (Å²) >= 11 is 0. The van der Waals surface area contributed by atoms with Crippen molar-refractivity contribution in [3.05, 3.63) is 22.7 Å². The number of hydrogen-bond donors (Lipinski definition) is 2. The van der Waals surface area contributed by atoms with E-state index in [0.29, 0.717) is 11.1 Å². The van der Waals surface area contributed by atoms with Gasteiger partial charge in [-0.3, -0.25) is 9.59 Å². The molecular formula is C12H20CuO4. The van der Waals surface area contributed by atoms with Gasteiger partial charge in [0.05, 0.1) is 11.5 Å². The summed E-state index contributed by atoms with van der Waals surface area (Å²) in [4.78, 5) is 20.7. The van der Waals surface area contributed by atoms with Crippen LogP contribution in [0.25, 0.3) is 0 Å². The molecule has 0 unspecified atom stereocenters. The second kappa shape index (κ2) is 10.1. The number of aliphatic hydroxyl groups excluding tert-OH is 2. The molecule has 0 saturated carbocycles. The van der Waals surface area contributed by atoms with Crippen LogP contribution in [0.4, 0.5) is 0 Å². The molecule has 0 aromatic rings. The third-order valence-corrected chi connectivity index (χ3v) is 2.14. The van der Waals surface area contributed by atoms with E-state index in [-0.39, 0.29) is 40.2 Å². The van der Waals surface area contributed by atoms with Gasteiger partial charge in [-0.05, 0) is 41.5 Å². The van der Waals surface area contributed by atoms with Gasteiger partial charge in [-0.25, -0.2) is 0 Å². The van der Waals surface area contributed by atoms with E-state index in [1.807, 2.05) is 0 Å². The smallest absolute Gasteiger partial charge is 0.158 e. The topological polar surface area (TPSA) is 74.6 Å². The van der Waals surface area contributed by atoms with E-state index in [1.165, 1.54) is 27.7 Å². The molecule has 103 valence electrons. The van der Waals surface area contributed by atoms with Gasteiger partial charge < -0.3 is 10.2 Å². The van der Waals surface area contributed by atoms with Crippen molar-refractivity contribution in [1.82, 2.24) is 0 Å². The van der Waals surface area contributed by atoms with Gasteiger partial charge in [0.15, 0.2) is 11.6 Å². The molecule has 0 aliphatic heterocycles. The Bertz CT molecular complexity index is 298. The van der Waals surface area contributed by atoms with E-state index in [9.17, 15) is 9.59 Å². The van der Waals surface area contributed by atoms with E-state index in [2.05, 4.69) is 0 Å². The molecule has 0 rings (SSSR count).